The Morgan fingerprint density at radius 1 is 1.00 bits per heavy atom. The van der Waals surface area contributed by atoms with Gasteiger partial charge in [0, 0.05) is 29.9 Å². The van der Waals surface area contributed by atoms with Crippen molar-refractivity contribution in [1.82, 2.24) is 14.7 Å². The molecule has 6 heteroatoms. The Bertz CT molecular complexity index is 1250. The normalized spacial score (nSPS) is 13.4. The number of halogens is 2. The number of hydrogen-bond donors (Lipinski definition) is 1. The molecular formula is C25H22ClFN4. The van der Waals surface area contributed by atoms with Gasteiger partial charge in [0.15, 0.2) is 0 Å². The van der Waals surface area contributed by atoms with Crippen LogP contribution in [0.3, 0.4) is 0 Å². The van der Waals surface area contributed by atoms with Gasteiger partial charge in [-0.1, -0.05) is 48.0 Å². The summed E-state index contributed by atoms with van der Waals surface area (Å²) in [5.41, 5.74) is 6.46. The van der Waals surface area contributed by atoms with Crippen molar-refractivity contribution in [2.75, 3.05) is 12.4 Å². The number of fused-ring (bicyclic) bond motifs is 1. The minimum Gasteiger partial charge on any atom is -0.354 e. The maximum absolute atomic E-state index is 14.7. The van der Waals surface area contributed by atoms with Crippen LogP contribution in [0.15, 0.2) is 72.8 Å². The van der Waals surface area contributed by atoms with Gasteiger partial charge < -0.3 is 5.32 Å². The van der Waals surface area contributed by atoms with Crippen molar-refractivity contribution >= 4 is 23.0 Å². The van der Waals surface area contributed by atoms with E-state index in [0.29, 0.717) is 17.1 Å². The summed E-state index contributed by atoms with van der Waals surface area (Å²) in [5.74, 6) is -0.227. The third-order valence-corrected chi connectivity index (χ3v) is 5.85. The molecule has 4 nitrogen and oxygen atoms in total. The summed E-state index contributed by atoms with van der Waals surface area (Å²) in [6.45, 7) is 2.10. The van der Waals surface area contributed by atoms with E-state index in [1.54, 1.807) is 6.07 Å². The molecule has 0 saturated heterocycles. The Balaban J connectivity index is 1.49. The Morgan fingerprint density at radius 2 is 1.81 bits per heavy atom. The third-order valence-electron chi connectivity index (χ3n) is 5.52. The maximum atomic E-state index is 14.7. The highest BCUT2D eigenvalue weighted by Crippen LogP contribution is 2.34. The zero-order valence-corrected chi connectivity index (χ0v) is 17.9. The average Bonchev–Trinajstić information content (AvgIpc) is 3.26. The number of benzene rings is 3. The average molecular weight is 433 g/mol. The number of hydrogen-bond acceptors (Lipinski definition) is 3. The third kappa shape index (κ3) is 3.94. The number of aromatic nitrogens is 2. The molecule has 3 aromatic carbocycles. The summed E-state index contributed by atoms with van der Waals surface area (Å²) in [5, 5.41) is 8.89. The van der Waals surface area contributed by atoms with E-state index in [9.17, 15) is 4.39 Å². The first kappa shape index (κ1) is 19.8. The minimum atomic E-state index is -0.227. The highest BCUT2D eigenvalue weighted by molar-refractivity contribution is 6.33. The number of nitrogens with zero attached hydrogens (tertiary/aromatic N) is 3. The fraction of sp³-hybridized carbons (Fsp3) is 0.160. The molecule has 0 unspecified atom stereocenters. The van der Waals surface area contributed by atoms with Crippen molar-refractivity contribution in [3.63, 3.8) is 0 Å². The van der Waals surface area contributed by atoms with Gasteiger partial charge in [0.1, 0.15) is 5.82 Å². The lowest BCUT2D eigenvalue weighted by Crippen LogP contribution is -2.13. The topological polar surface area (TPSA) is 33.1 Å². The molecule has 1 aromatic heterocycles. The number of anilines is 2. The van der Waals surface area contributed by atoms with Gasteiger partial charge in [0.2, 0.25) is 0 Å². The van der Waals surface area contributed by atoms with Crippen molar-refractivity contribution < 1.29 is 4.39 Å². The lowest BCUT2D eigenvalue weighted by Gasteiger charge is -2.14. The standard InChI is InChI=1S/C25H22ClFN4/c1-30-15-20-24(16-30)29-31(25(20)19-9-2-4-11-22(19)27)14-17-7-6-8-18(13-17)28-23-12-5-3-10-21(23)26/h2-13,28H,14-16H2,1H3. The zero-order chi connectivity index (χ0) is 21.4. The van der Waals surface area contributed by atoms with Gasteiger partial charge in [-0.25, -0.2) is 4.39 Å². The molecule has 1 aliphatic heterocycles. The molecule has 0 saturated carbocycles. The van der Waals surface area contributed by atoms with Crippen molar-refractivity contribution in [3.8, 4) is 11.3 Å². The van der Waals surface area contributed by atoms with Gasteiger partial charge in [-0.3, -0.25) is 9.58 Å². The van der Waals surface area contributed by atoms with Crippen molar-refractivity contribution in [2.24, 2.45) is 0 Å². The van der Waals surface area contributed by atoms with E-state index in [1.165, 1.54) is 6.07 Å². The molecule has 0 spiro atoms. The van der Waals surface area contributed by atoms with Crippen molar-refractivity contribution in [3.05, 3.63) is 100 Å². The van der Waals surface area contributed by atoms with Crippen molar-refractivity contribution in [2.45, 2.75) is 19.6 Å². The molecular weight excluding hydrogens is 411 g/mol. The van der Waals surface area contributed by atoms with Gasteiger partial charge >= 0.3 is 0 Å². The van der Waals surface area contributed by atoms with Gasteiger partial charge in [-0.05, 0) is 49.0 Å². The second kappa shape index (κ2) is 8.17. The Morgan fingerprint density at radius 3 is 2.65 bits per heavy atom. The molecule has 2 heterocycles. The SMILES string of the molecule is CN1Cc2nn(Cc3cccc(Nc4ccccc4Cl)c3)c(-c3ccccc3F)c2C1. The molecule has 0 amide bonds. The summed E-state index contributed by atoms with van der Waals surface area (Å²) in [7, 11) is 2.06. The van der Waals surface area contributed by atoms with Gasteiger partial charge in [-0.2, -0.15) is 5.10 Å². The zero-order valence-electron chi connectivity index (χ0n) is 17.1. The van der Waals surface area contributed by atoms with Crippen LogP contribution in [0.4, 0.5) is 15.8 Å². The summed E-state index contributed by atoms with van der Waals surface area (Å²) in [6, 6.07) is 22.7. The smallest absolute Gasteiger partial charge is 0.132 e. The molecule has 0 atom stereocenters. The Labute approximate surface area is 185 Å². The second-order valence-electron chi connectivity index (χ2n) is 7.89. The van der Waals surface area contributed by atoms with Crippen molar-refractivity contribution in [1.29, 1.82) is 0 Å². The van der Waals surface area contributed by atoms with Crippen LogP contribution in [-0.4, -0.2) is 21.7 Å². The lowest BCUT2D eigenvalue weighted by molar-refractivity contribution is 0.346. The summed E-state index contributed by atoms with van der Waals surface area (Å²) in [4.78, 5) is 2.19. The van der Waals surface area contributed by atoms with E-state index in [0.717, 1.165) is 47.0 Å². The van der Waals surface area contributed by atoms with Crippen LogP contribution in [0, 0.1) is 5.82 Å². The predicted octanol–water partition coefficient (Wildman–Crippen LogP) is 6.08. The molecule has 5 rings (SSSR count). The van der Waals surface area contributed by atoms with Gasteiger partial charge in [0.25, 0.3) is 0 Å². The number of nitrogens with one attached hydrogen (secondary N) is 1. The van der Waals surface area contributed by atoms with Crippen LogP contribution in [0.1, 0.15) is 16.8 Å². The van der Waals surface area contributed by atoms with E-state index >= 15 is 0 Å². The second-order valence-corrected chi connectivity index (χ2v) is 8.30. The fourth-order valence-electron chi connectivity index (χ4n) is 4.13. The molecule has 1 N–H and O–H groups in total. The quantitative estimate of drug-likeness (QED) is 0.415. The van der Waals surface area contributed by atoms with Crippen LogP contribution in [0.25, 0.3) is 11.3 Å². The van der Waals surface area contributed by atoms with Gasteiger partial charge in [-0.15, -0.1) is 0 Å². The fourth-order valence-corrected chi connectivity index (χ4v) is 4.31. The molecule has 0 bridgehead atoms. The predicted molar refractivity (Wildman–Crippen MR) is 123 cm³/mol. The Hall–Kier alpha value is -3.15. The number of rotatable bonds is 5. The first-order valence-corrected chi connectivity index (χ1v) is 10.6. The first-order valence-electron chi connectivity index (χ1n) is 10.2. The first-order chi connectivity index (χ1) is 15.1. The summed E-state index contributed by atoms with van der Waals surface area (Å²) < 4.78 is 16.6. The van der Waals surface area contributed by atoms with E-state index < -0.39 is 0 Å². The summed E-state index contributed by atoms with van der Waals surface area (Å²) in [6.07, 6.45) is 0. The molecule has 0 fully saturated rings. The van der Waals surface area contributed by atoms with Crippen LogP contribution in [-0.2, 0) is 19.6 Å². The lowest BCUT2D eigenvalue weighted by atomic mass is 10.1. The Kier molecular flexibility index (Phi) is 5.22. The van der Waals surface area contributed by atoms with Crippen LogP contribution in [0.2, 0.25) is 5.02 Å². The molecule has 0 aliphatic carbocycles. The van der Waals surface area contributed by atoms with E-state index in [2.05, 4.69) is 29.4 Å². The molecule has 4 aromatic rings. The largest absolute Gasteiger partial charge is 0.354 e. The highest BCUT2D eigenvalue weighted by atomic mass is 35.5. The molecule has 0 radical (unpaired) electrons. The van der Waals surface area contributed by atoms with E-state index in [-0.39, 0.29) is 5.82 Å². The molecule has 156 valence electrons. The highest BCUT2D eigenvalue weighted by Gasteiger charge is 2.27. The molecule has 1 aliphatic rings. The minimum absolute atomic E-state index is 0.227. The monoisotopic (exact) mass is 432 g/mol. The number of para-hydroxylation sites is 1. The maximum Gasteiger partial charge on any atom is 0.132 e. The van der Waals surface area contributed by atoms with Crippen LogP contribution in [0.5, 0.6) is 0 Å². The van der Waals surface area contributed by atoms with E-state index in [1.807, 2.05) is 53.2 Å². The molecule has 31 heavy (non-hydrogen) atoms. The van der Waals surface area contributed by atoms with Crippen LogP contribution < -0.4 is 5.32 Å². The van der Waals surface area contributed by atoms with Crippen LogP contribution >= 0.6 is 11.6 Å². The van der Waals surface area contributed by atoms with Gasteiger partial charge in [0.05, 0.1) is 28.6 Å². The summed E-state index contributed by atoms with van der Waals surface area (Å²) >= 11 is 6.29. The van der Waals surface area contributed by atoms with E-state index in [4.69, 9.17) is 16.7 Å².